The van der Waals surface area contributed by atoms with Crippen molar-refractivity contribution in [2.45, 2.75) is 39.8 Å². The van der Waals surface area contributed by atoms with Crippen molar-refractivity contribution < 1.29 is 9.53 Å². The van der Waals surface area contributed by atoms with Gasteiger partial charge in [0.05, 0.1) is 0 Å². The standard InChI is InChI=1S/C23H26N2O2/c1-17-13-14-19-11-8-12-20(22(19)24-17)27-16-21(26)25(23(2,3)4)15-18-9-6-5-7-10-18/h5-14H,15-16H2,1-4H3. The summed E-state index contributed by atoms with van der Waals surface area (Å²) in [5, 5.41) is 1.00. The average molecular weight is 362 g/mol. The highest BCUT2D eigenvalue weighted by Gasteiger charge is 2.27. The summed E-state index contributed by atoms with van der Waals surface area (Å²) in [6.45, 7) is 8.60. The number of ether oxygens (including phenoxy) is 1. The summed E-state index contributed by atoms with van der Waals surface area (Å²) in [4.78, 5) is 19.4. The van der Waals surface area contributed by atoms with Crippen LogP contribution in [-0.4, -0.2) is 27.9 Å². The summed E-state index contributed by atoms with van der Waals surface area (Å²) in [6.07, 6.45) is 0. The minimum absolute atomic E-state index is 0.0150. The van der Waals surface area contributed by atoms with Crippen molar-refractivity contribution in [2.24, 2.45) is 0 Å². The van der Waals surface area contributed by atoms with Crippen molar-refractivity contribution in [2.75, 3.05) is 6.61 Å². The van der Waals surface area contributed by atoms with E-state index in [2.05, 4.69) is 4.98 Å². The molecule has 4 heteroatoms. The Morgan fingerprint density at radius 2 is 1.74 bits per heavy atom. The Labute approximate surface area is 160 Å². The highest BCUT2D eigenvalue weighted by atomic mass is 16.5. The first-order chi connectivity index (χ1) is 12.8. The number of rotatable bonds is 5. The van der Waals surface area contributed by atoms with Crippen LogP contribution in [0.3, 0.4) is 0 Å². The van der Waals surface area contributed by atoms with Crippen molar-refractivity contribution in [3.8, 4) is 5.75 Å². The number of hydrogen-bond donors (Lipinski definition) is 0. The SMILES string of the molecule is Cc1ccc2cccc(OCC(=O)N(Cc3ccccc3)C(C)(C)C)c2n1. The maximum atomic E-state index is 13.0. The molecular formula is C23H26N2O2. The van der Waals surface area contributed by atoms with E-state index in [1.165, 1.54) is 0 Å². The number of aryl methyl sites for hydroxylation is 1. The molecule has 1 aromatic heterocycles. The summed E-state index contributed by atoms with van der Waals surface area (Å²) in [7, 11) is 0. The van der Waals surface area contributed by atoms with Crippen LogP contribution in [0.5, 0.6) is 5.75 Å². The Balaban J connectivity index is 1.77. The summed E-state index contributed by atoms with van der Waals surface area (Å²) in [6, 6.07) is 19.8. The fraction of sp³-hybridized carbons (Fsp3) is 0.304. The minimum atomic E-state index is -0.302. The van der Waals surface area contributed by atoms with E-state index in [9.17, 15) is 4.79 Å². The van der Waals surface area contributed by atoms with Gasteiger partial charge in [0.2, 0.25) is 0 Å². The van der Waals surface area contributed by atoms with Gasteiger partial charge in [-0.1, -0.05) is 48.5 Å². The first-order valence-electron chi connectivity index (χ1n) is 9.18. The molecule has 0 aliphatic heterocycles. The largest absolute Gasteiger partial charge is 0.481 e. The summed E-state index contributed by atoms with van der Waals surface area (Å²) in [5.41, 5.74) is 2.51. The van der Waals surface area contributed by atoms with E-state index in [0.29, 0.717) is 12.3 Å². The smallest absolute Gasteiger partial charge is 0.261 e. The maximum absolute atomic E-state index is 13.0. The molecular weight excluding hydrogens is 336 g/mol. The zero-order valence-electron chi connectivity index (χ0n) is 16.4. The van der Waals surface area contributed by atoms with Gasteiger partial charge in [-0.05, 0) is 45.4 Å². The van der Waals surface area contributed by atoms with Gasteiger partial charge >= 0.3 is 0 Å². The van der Waals surface area contributed by atoms with Crippen LogP contribution in [0.4, 0.5) is 0 Å². The second kappa shape index (κ2) is 7.78. The van der Waals surface area contributed by atoms with E-state index < -0.39 is 0 Å². The number of benzene rings is 2. The van der Waals surface area contributed by atoms with Gasteiger partial charge in [-0.25, -0.2) is 4.98 Å². The van der Waals surface area contributed by atoms with Crippen LogP contribution >= 0.6 is 0 Å². The number of pyridine rings is 1. The van der Waals surface area contributed by atoms with Crippen molar-refractivity contribution in [1.82, 2.24) is 9.88 Å². The number of nitrogens with zero attached hydrogens (tertiary/aromatic N) is 2. The number of amides is 1. The highest BCUT2D eigenvalue weighted by molar-refractivity contribution is 5.85. The van der Waals surface area contributed by atoms with E-state index in [1.807, 2.05) is 93.3 Å². The van der Waals surface area contributed by atoms with Crippen LogP contribution in [0.1, 0.15) is 32.0 Å². The summed E-state index contributed by atoms with van der Waals surface area (Å²) < 4.78 is 5.90. The molecule has 0 N–H and O–H groups in total. The molecule has 27 heavy (non-hydrogen) atoms. The Morgan fingerprint density at radius 3 is 2.44 bits per heavy atom. The van der Waals surface area contributed by atoms with E-state index in [4.69, 9.17) is 4.74 Å². The fourth-order valence-electron chi connectivity index (χ4n) is 3.02. The molecule has 0 radical (unpaired) electrons. The van der Waals surface area contributed by atoms with E-state index in [-0.39, 0.29) is 18.1 Å². The van der Waals surface area contributed by atoms with Crippen LogP contribution in [0.15, 0.2) is 60.7 Å². The molecule has 0 unspecified atom stereocenters. The monoisotopic (exact) mass is 362 g/mol. The molecule has 0 spiro atoms. The second-order valence-electron chi connectivity index (χ2n) is 7.71. The van der Waals surface area contributed by atoms with E-state index in [1.54, 1.807) is 0 Å². The molecule has 1 heterocycles. The molecule has 0 saturated carbocycles. The third kappa shape index (κ3) is 4.64. The molecule has 3 rings (SSSR count). The van der Waals surface area contributed by atoms with Crippen LogP contribution in [0.25, 0.3) is 10.9 Å². The molecule has 0 aliphatic rings. The van der Waals surface area contributed by atoms with Crippen LogP contribution < -0.4 is 4.74 Å². The van der Waals surface area contributed by atoms with Gasteiger partial charge in [-0.15, -0.1) is 0 Å². The Morgan fingerprint density at radius 1 is 1.00 bits per heavy atom. The summed E-state index contributed by atoms with van der Waals surface area (Å²) >= 11 is 0. The number of carbonyl (C=O) groups is 1. The topological polar surface area (TPSA) is 42.4 Å². The van der Waals surface area contributed by atoms with Gasteiger partial charge < -0.3 is 9.64 Å². The molecule has 1 amide bonds. The zero-order valence-corrected chi connectivity index (χ0v) is 16.4. The maximum Gasteiger partial charge on any atom is 0.261 e. The number of carbonyl (C=O) groups excluding carboxylic acids is 1. The minimum Gasteiger partial charge on any atom is -0.481 e. The molecule has 0 fully saturated rings. The average Bonchev–Trinajstić information content (AvgIpc) is 2.64. The number of fused-ring (bicyclic) bond motifs is 1. The van der Waals surface area contributed by atoms with Crippen molar-refractivity contribution in [3.05, 3.63) is 71.9 Å². The number of para-hydroxylation sites is 1. The molecule has 0 bridgehead atoms. The van der Waals surface area contributed by atoms with Crippen molar-refractivity contribution in [1.29, 1.82) is 0 Å². The van der Waals surface area contributed by atoms with Crippen molar-refractivity contribution >= 4 is 16.8 Å². The van der Waals surface area contributed by atoms with Crippen molar-refractivity contribution in [3.63, 3.8) is 0 Å². The molecule has 2 aromatic carbocycles. The molecule has 140 valence electrons. The van der Waals surface area contributed by atoms with E-state index >= 15 is 0 Å². The predicted molar refractivity (Wildman–Crippen MR) is 109 cm³/mol. The lowest BCUT2D eigenvalue weighted by molar-refractivity contribution is -0.139. The lowest BCUT2D eigenvalue weighted by Crippen LogP contribution is -2.47. The first kappa shape index (κ1) is 18.9. The Kier molecular flexibility index (Phi) is 5.45. The fourth-order valence-corrected chi connectivity index (χ4v) is 3.02. The first-order valence-corrected chi connectivity index (χ1v) is 9.18. The molecule has 4 nitrogen and oxygen atoms in total. The van der Waals surface area contributed by atoms with Gasteiger partial charge in [0.25, 0.3) is 5.91 Å². The Bertz CT molecular complexity index is 930. The third-order valence-electron chi connectivity index (χ3n) is 4.47. The van der Waals surface area contributed by atoms with Crippen LogP contribution in [0.2, 0.25) is 0 Å². The van der Waals surface area contributed by atoms with Gasteiger partial charge in [0, 0.05) is 23.2 Å². The summed E-state index contributed by atoms with van der Waals surface area (Å²) in [5.74, 6) is 0.592. The predicted octanol–water partition coefficient (Wildman–Crippen LogP) is 4.75. The van der Waals surface area contributed by atoms with Gasteiger partial charge in [-0.3, -0.25) is 4.79 Å². The molecule has 3 aromatic rings. The highest BCUT2D eigenvalue weighted by Crippen LogP contribution is 2.24. The van der Waals surface area contributed by atoms with Gasteiger partial charge in [0.15, 0.2) is 6.61 Å². The normalized spacial score (nSPS) is 11.4. The molecule has 0 saturated heterocycles. The van der Waals surface area contributed by atoms with Gasteiger partial charge in [0.1, 0.15) is 11.3 Å². The Hall–Kier alpha value is -2.88. The zero-order chi connectivity index (χ0) is 19.4. The van der Waals surface area contributed by atoms with Gasteiger partial charge in [-0.2, -0.15) is 0 Å². The lowest BCUT2D eigenvalue weighted by atomic mass is 10.0. The van der Waals surface area contributed by atoms with Crippen LogP contribution in [0, 0.1) is 6.92 Å². The molecule has 0 aliphatic carbocycles. The number of aromatic nitrogens is 1. The molecule has 0 atom stereocenters. The second-order valence-corrected chi connectivity index (χ2v) is 7.71. The van der Waals surface area contributed by atoms with E-state index in [0.717, 1.165) is 22.2 Å². The quantitative estimate of drug-likeness (QED) is 0.658. The van der Waals surface area contributed by atoms with Crippen LogP contribution in [-0.2, 0) is 11.3 Å². The lowest BCUT2D eigenvalue weighted by Gasteiger charge is -2.35. The third-order valence-corrected chi connectivity index (χ3v) is 4.47. The number of hydrogen-bond acceptors (Lipinski definition) is 3.